The summed E-state index contributed by atoms with van der Waals surface area (Å²) < 4.78 is 2.23. The minimum Gasteiger partial charge on any atom is -0.360 e. The van der Waals surface area contributed by atoms with Crippen molar-refractivity contribution in [3.05, 3.63) is 47.4 Å². The third-order valence-corrected chi connectivity index (χ3v) is 5.17. The van der Waals surface area contributed by atoms with Gasteiger partial charge in [0.25, 0.3) is 0 Å². The Balaban J connectivity index is 1.78. The molecule has 0 saturated heterocycles. The molecule has 0 atom stereocenters. The summed E-state index contributed by atoms with van der Waals surface area (Å²) in [6.07, 6.45) is 1.81. The number of nitrogens with one attached hydrogen (secondary N) is 1. The van der Waals surface area contributed by atoms with Gasteiger partial charge >= 0.3 is 0 Å². The van der Waals surface area contributed by atoms with Gasteiger partial charge in [0.2, 0.25) is 0 Å². The molecule has 3 aromatic rings. The summed E-state index contributed by atoms with van der Waals surface area (Å²) in [6, 6.07) is 7.90. The maximum atomic E-state index is 12.6. The van der Waals surface area contributed by atoms with E-state index in [9.17, 15) is 4.79 Å². The van der Waals surface area contributed by atoms with Gasteiger partial charge in [-0.2, -0.15) is 0 Å². The molecule has 0 aliphatic rings. The van der Waals surface area contributed by atoms with E-state index in [0.29, 0.717) is 11.7 Å². The SMILES string of the molecule is Cc1nc(SCC(=O)c2c[nH]c3ccccc23)n(CC(C)C)c1C. The molecule has 0 bridgehead atoms. The number of para-hydroxylation sites is 1. The molecular formula is C19H23N3OS. The lowest BCUT2D eigenvalue weighted by molar-refractivity contribution is 0.102. The van der Waals surface area contributed by atoms with Gasteiger partial charge in [-0.15, -0.1) is 0 Å². The molecule has 0 fully saturated rings. The first-order chi connectivity index (χ1) is 11.5. The first-order valence-electron chi connectivity index (χ1n) is 8.23. The normalized spacial score (nSPS) is 11.5. The Morgan fingerprint density at radius 1 is 1.29 bits per heavy atom. The molecule has 0 aliphatic carbocycles. The summed E-state index contributed by atoms with van der Waals surface area (Å²) >= 11 is 1.53. The zero-order valence-electron chi connectivity index (χ0n) is 14.6. The Kier molecular flexibility index (Phi) is 4.81. The van der Waals surface area contributed by atoms with Crippen LogP contribution in [0.3, 0.4) is 0 Å². The molecule has 24 heavy (non-hydrogen) atoms. The van der Waals surface area contributed by atoms with Crippen molar-refractivity contribution in [2.45, 2.75) is 39.4 Å². The third kappa shape index (κ3) is 3.26. The number of aryl methyl sites for hydroxylation is 1. The van der Waals surface area contributed by atoms with Crippen LogP contribution < -0.4 is 0 Å². The summed E-state index contributed by atoms with van der Waals surface area (Å²) in [7, 11) is 0. The van der Waals surface area contributed by atoms with Gasteiger partial charge in [-0.05, 0) is 25.8 Å². The van der Waals surface area contributed by atoms with Gasteiger partial charge < -0.3 is 9.55 Å². The summed E-state index contributed by atoms with van der Waals surface area (Å²) in [5, 5.41) is 1.92. The number of carbonyl (C=O) groups is 1. The van der Waals surface area contributed by atoms with Gasteiger partial charge in [0.05, 0.1) is 11.4 Å². The van der Waals surface area contributed by atoms with Crippen LogP contribution in [0.25, 0.3) is 10.9 Å². The second-order valence-corrected chi connectivity index (χ2v) is 7.47. The van der Waals surface area contributed by atoms with E-state index in [1.54, 1.807) is 0 Å². The minimum atomic E-state index is 0.131. The molecule has 2 heterocycles. The molecule has 4 nitrogen and oxygen atoms in total. The number of benzene rings is 1. The highest BCUT2D eigenvalue weighted by Crippen LogP contribution is 2.25. The second-order valence-electron chi connectivity index (χ2n) is 6.53. The molecule has 0 radical (unpaired) electrons. The predicted molar refractivity (Wildman–Crippen MR) is 99.9 cm³/mol. The standard InChI is InChI=1S/C19H23N3OS/c1-12(2)10-22-14(4)13(3)21-19(22)24-11-18(23)16-9-20-17-8-6-5-7-15(16)17/h5-9,12,20H,10-11H2,1-4H3. The molecule has 0 amide bonds. The quantitative estimate of drug-likeness (QED) is 0.526. The Labute approximate surface area is 146 Å². The fourth-order valence-electron chi connectivity index (χ4n) is 2.82. The predicted octanol–water partition coefficient (Wildman–Crippen LogP) is 4.61. The van der Waals surface area contributed by atoms with Crippen LogP contribution in [0.5, 0.6) is 0 Å². The van der Waals surface area contributed by atoms with Crippen molar-refractivity contribution in [2.75, 3.05) is 5.75 Å². The Hall–Kier alpha value is -2.01. The van der Waals surface area contributed by atoms with Gasteiger partial charge in [0.15, 0.2) is 10.9 Å². The number of imidazole rings is 1. The van der Waals surface area contributed by atoms with Crippen LogP contribution in [-0.4, -0.2) is 26.1 Å². The van der Waals surface area contributed by atoms with Crippen molar-refractivity contribution in [2.24, 2.45) is 5.92 Å². The zero-order chi connectivity index (χ0) is 17.3. The van der Waals surface area contributed by atoms with Gasteiger partial charge in [-0.1, -0.05) is 43.8 Å². The van der Waals surface area contributed by atoms with Crippen LogP contribution in [-0.2, 0) is 6.54 Å². The molecular weight excluding hydrogens is 318 g/mol. The number of aromatic amines is 1. The van der Waals surface area contributed by atoms with E-state index in [-0.39, 0.29) is 5.78 Å². The fourth-order valence-corrected chi connectivity index (χ4v) is 3.81. The number of hydrogen-bond acceptors (Lipinski definition) is 3. The average molecular weight is 341 g/mol. The molecule has 0 spiro atoms. The number of fused-ring (bicyclic) bond motifs is 1. The molecule has 2 aromatic heterocycles. The summed E-state index contributed by atoms with van der Waals surface area (Å²) in [6.45, 7) is 9.44. The molecule has 126 valence electrons. The van der Waals surface area contributed by atoms with Crippen molar-refractivity contribution in [3.8, 4) is 0 Å². The number of rotatable bonds is 6. The van der Waals surface area contributed by atoms with E-state index in [0.717, 1.165) is 33.9 Å². The van der Waals surface area contributed by atoms with Crippen molar-refractivity contribution < 1.29 is 4.79 Å². The van der Waals surface area contributed by atoms with Crippen LogP contribution in [0.1, 0.15) is 35.6 Å². The summed E-state index contributed by atoms with van der Waals surface area (Å²) in [5.41, 5.74) is 3.98. The van der Waals surface area contributed by atoms with Gasteiger partial charge in [-0.25, -0.2) is 4.98 Å². The highest BCUT2D eigenvalue weighted by atomic mass is 32.2. The van der Waals surface area contributed by atoms with Crippen LogP contribution >= 0.6 is 11.8 Å². The van der Waals surface area contributed by atoms with Gasteiger partial charge in [-0.3, -0.25) is 4.79 Å². The Morgan fingerprint density at radius 2 is 2.04 bits per heavy atom. The molecule has 3 rings (SSSR count). The van der Waals surface area contributed by atoms with E-state index in [4.69, 9.17) is 0 Å². The number of carbonyl (C=O) groups excluding carboxylic acids is 1. The zero-order valence-corrected chi connectivity index (χ0v) is 15.4. The van der Waals surface area contributed by atoms with Crippen LogP contribution in [0.2, 0.25) is 0 Å². The lowest BCUT2D eigenvalue weighted by Gasteiger charge is -2.12. The largest absolute Gasteiger partial charge is 0.360 e. The van der Waals surface area contributed by atoms with E-state index in [1.807, 2.05) is 37.4 Å². The topological polar surface area (TPSA) is 50.7 Å². The number of aromatic nitrogens is 3. The minimum absolute atomic E-state index is 0.131. The summed E-state index contributed by atoms with van der Waals surface area (Å²) in [4.78, 5) is 20.5. The van der Waals surface area contributed by atoms with E-state index in [1.165, 1.54) is 17.5 Å². The number of hydrogen-bond donors (Lipinski definition) is 1. The summed E-state index contributed by atoms with van der Waals surface area (Å²) in [5.74, 6) is 1.07. The third-order valence-electron chi connectivity index (χ3n) is 4.19. The monoisotopic (exact) mass is 341 g/mol. The van der Waals surface area contributed by atoms with Crippen molar-refractivity contribution >= 4 is 28.4 Å². The maximum Gasteiger partial charge on any atom is 0.175 e. The smallest absolute Gasteiger partial charge is 0.175 e. The van der Waals surface area contributed by atoms with E-state index >= 15 is 0 Å². The average Bonchev–Trinajstić information content (AvgIpc) is 3.09. The van der Waals surface area contributed by atoms with Gasteiger partial charge in [0.1, 0.15) is 0 Å². The van der Waals surface area contributed by atoms with Crippen LogP contribution in [0.15, 0.2) is 35.6 Å². The highest BCUT2D eigenvalue weighted by molar-refractivity contribution is 7.99. The Morgan fingerprint density at radius 3 is 2.79 bits per heavy atom. The fraction of sp³-hybridized carbons (Fsp3) is 0.368. The molecule has 1 N–H and O–H groups in total. The first kappa shape index (κ1) is 16.8. The highest BCUT2D eigenvalue weighted by Gasteiger charge is 2.16. The molecule has 0 unspecified atom stereocenters. The van der Waals surface area contributed by atoms with Crippen molar-refractivity contribution in [1.82, 2.24) is 14.5 Å². The second kappa shape index (κ2) is 6.85. The lowest BCUT2D eigenvalue weighted by Crippen LogP contribution is -2.09. The lowest BCUT2D eigenvalue weighted by atomic mass is 10.1. The first-order valence-corrected chi connectivity index (χ1v) is 9.21. The van der Waals surface area contributed by atoms with E-state index in [2.05, 4.69) is 35.3 Å². The maximum absolute atomic E-state index is 12.6. The number of H-pyrrole nitrogens is 1. The molecule has 1 aromatic carbocycles. The number of nitrogens with zero attached hydrogens (tertiary/aromatic N) is 2. The van der Waals surface area contributed by atoms with Crippen LogP contribution in [0.4, 0.5) is 0 Å². The van der Waals surface area contributed by atoms with Gasteiger partial charge in [0, 0.05) is 34.9 Å². The number of ketones is 1. The molecule has 5 heteroatoms. The molecule has 0 saturated carbocycles. The van der Waals surface area contributed by atoms with Crippen molar-refractivity contribution in [1.29, 1.82) is 0 Å². The number of Topliss-reactive ketones (excluding diaryl/α,β-unsaturated/α-hetero) is 1. The van der Waals surface area contributed by atoms with Crippen molar-refractivity contribution in [3.63, 3.8) is 0 Å². The van der Waals surface area contributed by atoms with Crippen LogP contribution in [0, 0.1) is 19.8 Å². The molecule has 0 aliphatic heterocycles. The Bertz CT molecular complexity index is 876. The number of thioether (sulfide) groups is 1. The van der Waals surface area contributed by atoms with E-state index < -0.39 is 0 Å².